The molecule has 2 heterocycles. The van der Waals surface area contributed by atoms with Gasteiger partial charge in [0.15, 0.2) is 5.76 Å². The summed E-state index contributed by atoms with van der Waals surface area (Å²) in [5.41, 5.74) is 2.30. The Kier molecular flexibility index (Phi) is 5.39. The average molecular weight is 389 g/mol. The van der Waals surface area contributed by atoms with Gasteiger partial charge in [0, 0.05) is 31.3 Å². The third kappa shape index (κ3) is 4.12. The number of amides is 1. The van der Waals surface area contributed by atoms with Gasteiger partial charge in [-0.15, -0.1) is 11.3 Å². The number of carbonyl (C=O) groups is 1. The highest BCUT2D eigenvalue weighted by Crippen LogP contribution is 2.22. The second-order valence-corrected chi connectivity index (χ2v) is 7.50. The van der Waals surface area contributed by atoms with Crippen molar-refractivity contribution in [3.8, 4) is 11.3 Å². The maximum Gasteiger partial charge on any atom is 0.261 e. The van der Waals surface area contributed by atoms with Gasteiger partial charge in [0.25, 0.3) is 5.91 Å². The number of amidine groups is 1. The fourth-order valence-corrected chi connectivity index (χ4v) is 3.24. The lowest BCUT2D eigenvalue weighted by Gasteiger charge is -2.13. The number of thiophene rings is 1. The number of nitrogens with zero attached hydrogens (tertiary/aromatic N) is 2. The lowest BCUT2D eigenvalue weighted by molar-refractivity contribution is 0.0954. The van der Waals surface area contributed by atoms with Gasteiger partial charge in [-0.05, 0) is 12.1 Å². The van der Waals surface area contributed by atoms with Crippen molar-refractivity contribution in [2.75, 3.05) is 14.1 Å². The Labute approximate surface area is 159 Å². The maximum absolute atomic E-state index is 12.0. The highest BCUT2D eigenvalue weighted by Gasteiger charge is 2.12. The van der Waals surface area contributed by atoms with Crippen molar-refractivity contribution in [1.82, 2.24) is 15.4 Å². The quantitative estimate of drug-likeness (QED) is 0.513. The van der Waals surface area contributed by atoms with Crippen LogP contribution in [0.3, 0.4) is 0 Å². The maximum atomic E-state index is 12.0. The van der Waals surface area contributed by atoms with Crippen LogP contribution in [0.4, 0.5) is 0 Å². The summed E-state index contributed by atoms with van der Waals surface area (Å²) in [5.74, 6) is 0.848. The lowest BCUT2D eigenvalue weighted by atomic mass is 10.1. The molecule has 3 aromatic rings. The lowest BCUT2D eigenvalue weighted by Crippen LogP contribution is -2.21. The largest absolute Gasteiger partial charge is 0.363 e. The molecule has 0 fully saturated rings. The van der Waals surface area contributed by atoms with Crippen molar-refractivity contribution < 1.29 is 9.32 Å². The summed E-state index contributed by atoms with van der Waals surface area (Å²) in [6.45, 7) is 0.265. The van der Waals surface area contributed by atoms with Gasteiger partial charge < -0.3 is 14.7 Å². The fraction of sp³-hybridized carbons (Fsp3) is 0.167. The first-order valence-electron chi connectivity index (χ1n) is 7.80. The number of hydrogen-bond donors (Lipinski definition) is 2. The van der Waals surface area contributed by atoms with Crippen molar-refractivity contribution in [1.29, 1.82) is 5.41 Å². The molecule has 0 saturated heterocycles. The zero-order valence-corrected chi connectivity index (χ0v) is 15.8. The molecule has 0 atom stereocenters. The van der Waals surface area contributed by atoms with Crippen LogP contribution in [-0.2, 0) is 6.54 Å². The number of hydrogen-bond acceptors (Lipinski definition) is 5. The zero-order valence-electron chi connectivity index (χ0n) is 14.2. The van der Waals surface area contributed by atoms with E-state index in [1.165, 1.54) is 11.3 Å². The molecule has 0 saturated carbocycles. The van der Waals surface area contributed by atoms with Crippen LogP contribution in [0.15, 0.2) is 47.0 Å². The second kappa shape index (κ2) is 7.72. The smallest absolute Gasteiger partial charge is 0.261 e. The van der Waals surface area contributed by atoms with Gasteiger partial charge in [-0.3, -0.25) is 10.2 Å². The number of nitrogens with one attached hydrogen (secondary N) is 2. The zero-order chi connectivity index (χ0) is 18.7. The van der Waals surface area contributed by atoms with Crippen molar-refractivity contribution in [3.05, 3.63) is 62.9 Å². The first-order chi connectivity index (χ1) is 12.4. The molecule has 0 unspecified atom stereocenters. The first-order valence-corrected chi connectivity index (χ1v) is 8.99. The minimum Gasteiger partial charge on any atom is -0.363 e. The van der Waals surface area contributed by atoms with E-state index in [4.69, 9.17) is 21.5 Å². The highest BCUT2D eigenvalue weighted by atomic mass is 35.5. The molecule has 0 radical (unpaired) electrons. The molecule has 6 nitrogen and oxygen atoms in total. The Morgan fingerprint density at radius 1 is 1.27 bits per heavy atom. The third-order valence-electron chi connectivity index (χ3n) is 3.68. The predicted molar refractivity (Wildman–Crippen MR) is 103 cm³/mol. The number of aromatic nitrogens is 1. The topological polar surface area (TPSA) is 82.2 Å². The third-order valence-corrected chi connectivity index (χ3v) is 4.91. The average Bonchev–Trinajstić information content (AvgIpc) is 3.28. The van der Waals surface area contributed by atoms with E-state index in [1.807, 2.05) is 38.4 Å². The van der Waals surface area contributed by atoms with Gasteiger partial charge in [0.2, 0.25) is 0 Å². The fourth-order valence-electron chi connectivity index (χ4n) is 2.28. The summed E-state index contributed by atoms with van der Waals surface area (Å²) in [5, 5.41) is 14.7. The number of rotatable bonds is 5. The molecule has 1 aromatic carbocycles. The van der Waals surface area contributed by atoms with Gasteiger partial charge in [-0.2, -0.15) is 0 Å². The van der Waals surface area contributed by atoms with Gasteiger partial charge >= 0.3 is 0 Å². The second-order valence-electron chi connectivity index (χ2n) is 5.79. The van der Waals surface area contributed by atoms with Crippen LogP contribution in [0.5, 0.6) is 0 Å². The Morgan fingerprint density at radius 3 is 2.62 bits per heavy atom. The molecule has 8 heteroatoms. The Bertz CT molecular complexity index is 931. The minimum atomic E-state index is -0.196. The molecule has 0 aliphatic carbocycles. The minimum absolute atomic E-state index is 0.196. The summed E-state index contributed by atoms with van der Waals surface area (Å²) in [6, 6.07) is 12.6. The van der Waals surface area contributed by atoms with Gasteiger partial charge in [0.1, 0.15) is 11.5 Å². The van der Waals surface area contributed by atoms with Crippen molar-refractivity contribution in [2.45, 2.75) is 6.54 Å². The summed E-state index contributed by atoms with van der Waals surface area (Å²) in [4.78, 5) is 14.3. The van der Waals surface area contributed by atoms with Crippen molar-refractivity contribution in [2.24, 2.45) is 0 Å². The molecular formula is C18H17ClN4O2S. The Morgan fingerprint density at radius 2 is 2.00 bits per heavy atom. The van der Waals surface area contributed by atoms with E-state index in [0.717, 1.165) is 11.1 Å². The van der Waals surface area contributed by atoms with Crippen molar-refractivity contribution in [3.63, 3.8) is 0 Å². The number of carbonyl (C=O) groups excluding carboxylic acids is 1. The summed E-state index contributed by atoms with van der Waals surface area (Å²) in [7, 11) is 3.66. The molecule has 0 spiro atoms. The number of halogens is 1. The molecule has 0 aliphatic rings. The van der Waals surface area contributed by atoms with Crippen LogP contribution in [0.1, 0.15) is 20.9 Å². The molecule has 0 bridgehead atoms. The van der Waals surface area contributed by atoms with Crippen molar-refractivity contribution >= 4 is 34.7 Å². The van der Waals surface area contributed by atoms with Crippen LogP contribution in [-0.4, -0.2) is 35.9 Å². The Hall–Kier alpha value is -2.64. The van der Waals surface area contributed by atoms with E-state index < -0.39 is 0 Å². The van der Waals surface area contributed by atoms with Gasteiger partial charge in [-0.25, -0.2) is 0 Å². The molecule has 1 amide bonds. The molecule has 2 aromatic heterocycles. The summed E-state index contributed by atoms with van der Waals surface area (Å²) >= 11 is 7.06. The monoisotopic (exact) mass is 388 g/mol. The van der Waals surface area contributed by atoms with E-state index in [0.29, 0.717) is 26.5 Å². The highest BCUT2D eigenvalue weighted by molar-refractivity contribution is 7.17. The van der Waals surface area contributed by atoms with Crippen LogP contribution < -0.4 is 5.32 Å². The summed E-state index contributed by atoms with van der Waals surface area (Å²) < 4.78 is 5.93. The standard InChI is InChI=1S/C18H17ClN4O2S/c1-23(2)17(20)12-5-3-11(4-6-12)14-9-13(22-25-14)10-21-18(24)15-7-8-16(19)26-15/h3-9,20H,10H2,1-2H3,(H,21,24). The van der Waals surface area contributed by atoms with Gasteiger partial charge in [0.05, 0.1) is 15.8 Å². The SMILES string of the molecule is CN(C)C(=N)c1ccc(-c2cc(CNC(=O)c3ccc(Cl)s3)no2)cc1. The van der Waals surface area contributed by atoms with Crippen LogP contribution in [0.2, 0.25) is 4.34 Å². The number of benzene rings is 1. The van der Waals surface area contributed by atoms with Crippen LogP contribution >= 0.6 is 22.9 Å². The molecule has 134 valence electrons. The van der Waals surface area contributed by atoms with E-state index in [9.17, 15) is 4.79 Å². The Balaban J connectivity index is 1.64. The molecule has 0 aliphatic heterocycles. The normalized spacial score (nSPS) is 10.6. The van der Waals surface area contributed by atoms with Gasteiger partial charge in [-0.1, -0.05) is 41.0 Å². The van der Waals surface area contributed by atoms with E-state index in [1.54, 1.807) is 23.1 Å². The van der Waals surface area contributed by atoms with E-state index in [-0.39, 0.29) is 12.5 Å². The first kappa shape index (κ1) is 18.2. The molecule has 26 heavy (non-hydrogen) atoms. The molecule has 2 N–H and O–H groups in total. The van der Waals surface area contributed by atoms with Crippen LogP contribution in [0, 0.1) is 5.41 Å². The van der Waals surface area contributed by atoms with Crippen LogP contribution in [0.25, 0.3) is 11.3 Å². The predicted octanol–water partition coefficient (Wildman–Crippen LogP) is 3.87. The molecule has 3 rings (SSSR count). The van der Waals surface area contributed by atoms with E-state index >= 15 is 0 Å². The van der Waals surface area contributed by atoms with E-state index in [2.05, 4.69) is 10.5 Å². The summed E-state index contributed by atoms with van der Waals surface area (Å²) in [6.07, 6.45) is 0. The molecular weight excluding hydrogens is 372 g/mol.